The Balaban J connectivity index is 0.000000233. The minimum atomic E-state index is -2.23. The van der Waals surface area contributed by atoms with Crippen LogP contribution >= 0.6 is 31.9 Å². The summed E-state index contributed by atoms with van der Waals surface area (Å²) in [4.78, 5) is 10.7. The van der Waals surface area contributed by atoms with Gasteiger partial charge in [0.2, 0.25) is 24.8 Å². The third-order valence-corrected chi connectivity index (χ3v) is 8.28. The summed E-state index contributed by atoms with van der Waals surface area (Å²) in [6.45, 7) is 1.66. The highest BCUT2D eigenvalue weighted by molar-refractivity contribution is 9.09. The number of benzene rings is 3. The molecule has 252 valence electrons. The Labute approximate surface area is 302 Å². The number of hydrogen-bond acceptors (Lipinski definition) is 5. The molecule has 48 heavy (non-hydrogen) atoms. The molecule has 0 aliphatic heterocycles. The number of rotatable bonds is 16. The van der Waals surface area contributed by atoms with E-state index in [1.54, 1.807) is 9.46 Å². The molecular weight excluding hydrogens is 735 g/mol. The van der Waals surface area contributed by atoms with Gasteiger partial charge in [0.1, 0.15) is 0 Å². The molecule has 0 fully saturated rings. The molecule has 0 amide bonds. The molecule has 2 aromatic heterocycles. The van der Waals surface area contributed by atoms with E-state index in [2.05, 4.69) is 68.3 Å². The largest absolute Gasteiger partial charge is 0.871 e. The molecule has 0 radical (unpaired) electrons. The zero-order chi connectivity index (χ0) is 34.1. The fourth-order valence-electron chi connectivity index (χ4n) is 5.00. The molecule has 5 rings (SSSR count). The second kappa shape index (κ2) is 23.7. The predicted molar refractivity (Wildman–Crippen MR) is 193 cm³/mol. The molecule has 10 heteroatoms. The Hall–Kier alpha value is -3.54. The van der Waals surface area contributed by atoms with Crippen LogP contribution < -0.4 is 29.2 Å². The first-order chi connectivity index (χ1) is 23.6. The molecule has 7 nitrogen and oxygen atoms in total. The molecule has 0 aliphatic rings. The van der Waals surface area contributed by atoms with Gasteiger partial charge in [0.25, 0.3) is 0 Å². The fourth-order valence-corrected chi connectivity index (χ4v) is 5.46. The molecule has 0 bridgehead atoms. The Kier molecular flexibility index (Phi) is 19.2. The van der Waals surface area contributed by atoms with E-state index in [9.17, 15) is 10.0 Å². The molecule has 0 saturated carbocycles. The molecule has 0 unspecified atom stereocenters. The summed E-state index contributed by atoms with van der Waals surface area (Å²) in [6, 6.07) is 42.7. The monoisotopic (exact) mass is 776 g/mol. The summed E-state index contributed by atoms with van der Waals surface area (Å²) >= 11 is 6.67. The number of nitrogens with zero attached hydrogens (tertiary/aromatic N) is 2. The lowest BCUT2D eigenvalue weighted by Gasteiger charge is -2.37. The minimum absolute atomic E-state index is 0.159. The van der Waals surface area contributed by atoms with Crippen LogP contribution in [0.3, 0.4) is 0 Å². The summed E-state index contributed by atoms with van der Waals surface area (Å²) in [5.41, 5.74) is 3.17. The third kappa shape index (κ3) is 13.9. The maximum atomic E-state index is 10.7. The second-order valence-corrected chi connectivity index (χ2v) is 12.1. The molecule has 3 aromatic carbocycles. The highest BCUT2D eigenvalue weighted by atomic mass is 79.9. The molecule has 0 saturated heterocycles. The van der Waals surface area contributed by atoms with Gasteiger partial charge in [-0.25, -0.2) is 0 Å². The van der Waals surface area contributed by atoms with Gasteiger partial charge in [-0.05, 0) is 42.4 Å². The van der Waals surface area contributed by atoms with Crippen molar-refractivity contribution in [3.63, 3.8) is 0 Å². The minimum Gasteiger partial charge on any atom is -0.871 e. The molecule has 5 aromatic rings. The highest BCUT2D eigenvalue weighted by Gasteiger charge is 2.35. The number of alkyl halides is 2. The average Bonchev–Trinajstić information content (AvgIpc) is 3.14. The van der Waals surface area contributed by atoms with E-state index < -0.39 is 7.32 Å². The van der Waals surface area contributed by atoms with Gasteiger partial charge in [0, 0.05) is 56.4 Å². The van der Waals surface area contributed by atoms with Crippen molar-refractivity contribution in [2.45, 2.75) is 31.1 Å². The summed E-state index contributed by atoms with van der Waals surface area (Å²) < 4.78 is 8.16. The molecule has 0 spiro atoms. The van der Waals surface area contributed by atoms with E-state index in [0.717, 1.165) is 43.1 Å². The lowest BCUT2D eigenvalue weighted by molar-refractivity contribution is -0.891. The lowest BCUT2D eigenvalue weighted by atomic mass is 9.67. The van der Waals surface area contributed by atoms with Crippen molar-refractivity contribution in [2.24, 2.45) is 0 Å². The Bertz CT molecular complexity index is 1330. The summed E-state index contributed by atoms with van der Waals surface area (Å²) in [5, 5.41) is 23.3. The number of hydrogen-bond donors (Lipinski definition) is 0. The SMILES string of the molecule is BrCCCO[n+]1ccccc1.BrCCCO[n+]1ccccc1.[O-]B([O-])OCCCC(c1ccccc1)(c1ccccc1)c1ccccc1. The number of aromatic nitrogens is 2. The first-order valence-electron chi connectivity index (χ1n) is 16.0. The van der Waals surface area contributed by atoms with Crippen LogP contribution in [-0.4, -0.2) is 37.8 Å². The van der Waals surface area contributed by atoms with Crippen LogP contribution in [0.5, 0.6) is 0 Å². The van der Waals surface area contributed by atoms with E-state index in [-0.39, 0.29) is 12.0 Å². The maximum Gasteiger partial charge on any atom is 0.222 e. The van der Waals surface area contributed by atoms with Gasteiger partial charge in [-0.15, -0.1) is 0 Å². The van der Waals surface area contributed by atoms with Crippen molar-refractivity contribution >= 4 is 39.2 Å². The zero-order valence-electron chi connectivity index (χ0n) is 27.1. The first-order valence-corrected chi connectivity index (χ1v) is 18.3. The van der Waals surface area contributed by atoms with Crippen LogP contribution in [0.25, 0.3) is 0 Å². The Morgan fingerprint density at radius 2 is 0.854 bits per heavy atom. The van der Waals surface area contributed by atoms with Crippen molar-refractivity contribution in [3.05, 3.63) is 169 Å². The van der Waals surface area contributed by atoms with Crippen LogP contribution in [0.2, 0.25) is 0 Å². The molecule has 0 aliphatic carbocycles. The zero-order valence-corrected chi connectivity index (χ0v) is 30.2. The van der Waals surface area contributed by atoms with E-state index in [4.69, 9.17) is 14.3 Å². The topological polar surface area (TPSA) is 81.6 Å². The lowest BCUT2D eigenvalue weighted by Crippen LogP contribution is -2.48. The molecule has 0 atom stereocenters. The molecule has 2 heterocycles. The van der Waals surface area contributed by atoms with Crippen molar-refractivity contribution in [3.8, 4) is 0 Å². The van der Waals surface area contributed by atoms with Gasteiger partial charge in [0.05, 0.1) is 7.32 Å². The van der Waals surface area contributed by atoms with Crippen LogP contribution in [0.4, 0.5) is 0 Å². The van der Waals surface area contributed by atoms with Gasteiger partial charge >= 0.3 is 0 Å². The quantitative estimate of drug-likeness (QED) is 0.0469. The second-order valence-electron chi connectivity index (χ2n) is 10.5. The average molecular weight is 778 g/mol. The van der Waals surface area contributed by atoms with Crippen molar-refractivity contribution in [1.82, 2.24) is 0 Å². The van der Waals surface area contributed by atoms with E-state index in [1.807, 2.05) is 116 Å². The Morgan fingerprint density at radius 3 is 1.19 bits per heavy atom. The van der Waals surface area contributed by atoms with E-state index in [1.165, 1.54) is 16.7 Å². The number of pyridine rings is 2. The standard InChI is InChI=1S/C22H21BO3.2C8H11BrNO/c24-23(25)26-18-10-17-22(19-11-4-1-5-12-19,20-13-6-2-7-14-20)21-15-8-3-9-16-21;2*9-5-4-8-11-10-6-2-1-3-7-10/h1-9,11-16H,10,17-18H2;2*1-3,6-7H,4-5,8H2/q-2;2*+1. The van der Waals surface area contributed by atoms with Crippen molar-refractivity contribution in [2.75, 3.05) is 30.5 Å². The highest BCUT2D eigenvalue weighted by Crippen LogP contribution is 2.42. The predicted octanol–water partition coefficient (Wildman–Crippen LogP) is 4.90. The van der Waals surface area contributed by atoms with Gasteiger partial charge in [0.15, 0.2) is 13.2 Å². The summed E-state index contributed by atoms with van der Waals surface area (Å²) in [5.74, 6) is 0. The van der Waals surface area contributed by atoms with E-state index >= 15 is 0 Å². The van der Waals surface area contributed by atoms with Crippen LogP contribution in [0, 0.1) is 0 Å². The smallest absolute Gasteiger partial charge is 0.222 e. The van der Waals surface area contributed by atoms with Gasteiger partial charge < -0.3 is 14.7 Å². The van der Waals surface area contributed by atoms with Gasteiger partial charge in [-0.3, -0.25) is 9.68 Å². The van der Waals surface area contributed by atoms with Crippen LogP contribution in [0.15, 0.2) is 152 Å². The van der Waals surface area contributed by atoms with Crippen molar-refractivity contribution in [1.29, 1.82) is 0 Å². The molecule has 0 N–H and O–H groups in total. The normalized spacial score (nSPS) is 10.5. The first kappa shape index (κ1) is 38.9. The van der Waals surface area contributed by atoms with Crippen LogP contribution in [-0.2, 0) is 10.1 Å². The van der Waals surface area contributed by atoms with E-state index in [0.29, 0.717) is 6.42 Å². The van der Waals surface area contributed by atoms with Crippen LogP contribution in [0.1, 0.15) is 42.4 Å². The number of halogens is 2. The third-order valence-electron chi connectivity index (χ3n) is 7.16. The molecular formula is C38H43BBr2N2O5. The fraction of sp³-hybridized carbons (Fsp3) is 0.263. The van der Waals surface area contributed by atoms with Crippen molar-refractivity contribution < 1.29 is 33.8 Å². The maximum absolute atomic E-state index is 10.7. The Morgan fingerprint density at radius 1 is 0.500 bits per heavy atom. The van der Waals surface area contributed by atoms with Gasteiger partial charge in [-0.2, -0.15) is 0 Å². The summed E-state index contributed by atoms with van der Waals surface area (Å²) in [6.07, 6.45) is 10.9. The van der Waals surface area contributed by atoms with Gasteiger partial charge in [-0.1, -0.05) is 135 Å². The summed E-state index contributed by atoms with van der Waals surface area (Å²) in [7, 11) is -2.23.